The Morgan fingerprint density at radius 2 is 1.68 bits per heavy atom. The molecule has 1 fully saturated rings. The maximum Gasteiger partial charge on any atom is 0.293 e. The van der Waals surface area contributed by atoms with Gasteiger partial charge in [-0.15, -0.1) is 0 Å². The molecule has 0 aliphatic carbocycles. The second-order valence-corrected chi connectivity index (χ2v) is 8.98. The number of aliphatic imine (C=N–C) groups is 1. The van der Waals surface area contributed by atoms with Crippen molar-refractivity contribution in [2.24, 2.45) is 4.99 Å². The molecule has 1 amide bonds. The molecule has 0 unspecified atom stereocenters. The summed E-state index contributed by atoms with van der Waals surface area (Å²) in [5.41, 5.74) is 5.94. The highest BCUT2D eigenvalue weighted by molar-refractivity contribution is 6.19. The first-order valence-corrected chi connectivity index (χ1v) is 11.5. The van der Waals surface area contributed by atoms with Gasteiger partial charge in [-0.1, -0.05) is 30.3 Å². The zero-order valence-electron chi connectivity index (χ0n) is 19.3. The number of nitro benzene ring substituents is 1. The van der Waals surface area contributed by atoms with Crippen LogP contribution in [-0.4, -0.2) is 29.8 Å². The fourth-order valence-corrected chi connectivity index (χ4v) is 4.90. The van der Waals surface area contributed by atoms with Crippen molar-refractivity contribution in [3.63, 3.8) is 0 Å². The molecule has 3 aromatic rings. The quantitative estimate of drug-likeness (QED) is 0.389. The van der Waals surface area contributed by atoms with Crippen LogP contribution in [0.4, 0.5) is 17.1 Å². The molecule has 0 radical (unpaired) electrons. The molecule has 0 saturated carbocycles. The lowest BCUT2D eigenvalue weighted by molar-refractivity contribution is -0.384. The lowest BCUT2D eigenvalue weighted by atomic mass is 10.1. The van der Waals surface area contributed by atoms with Crippen LogP contribution < -0.4 is 9.80 Å². The Morgan fingerprint density at radius 3 is 2.38 bits per heavy atom. The Balaban J connectivity index is 1.55. The van der Waals surface area contributed by atoms with E-state index >= 15 is 0 Å². The number of amidine groups is 1. The lowest BCUT2D eigenvalue weighted by Gasteiger charge is -2.20. The highest BCUT2D eigenvalue weighted by Gasteiger charge is 2.29. The van der Waals surface area contributed by atoms with Gasteiger partial charge in [-0.05, 0) is 67.6 Å². The Kier molecular flexibility index (Phi) is 5.61. The summed E-state index contributed by atoms with van der Waals surface area (Å²) in [6.45, 7) is 6.28. The van der Waals surface area contributed by atoms with Gasteiger partial charge in [0, 0.05) is 36.0 Å². The first kappa shape index (κ1) is 21.8. The molecule has 0 spiro atoms. The van der Waals surface area contributed by atoms with Crippen molar-refractivity contribution >= 4 is 28.8 Å². The minimum atomic E-state index is -0.489. The van der Waals surface area contributed by atoms with Gasteiger partial charge in [-0.3, -0.25) is 14.9 Å². The number of carbonyl (C=O) groups is 1. The van der Waals surface area contributed by atoms with E-state index in [4.69, 9.17) is 0 Å². The van der Waals surface area contributed by atoms with E-state index in [-0.39, 0.29) is 11.3 Å². The van der Waals surface area contributed by atoms with Crippen LogP contribution >= 0.6 is 0 Å². The summed E-state index contributed by atoms with van der Waals surface area (Å²) in [6.07, 6.45) is 2.03. The molecule has 0 atom stereocenters. The fraction of sp³-hybridized carbons (Fsp3) is 0.259. The van der Waals surface area contributed by atoms with Gasteiger partial charge in [-0.25, -0.2) is 0 Å². The standard InChI is InChI=1S/C27H26N4O3/c1-18-13-19(2)15-22(14-18)30-17-21-7-3-4-8-23(21)26(30)28-27(32)20-9-10-24(25(16-20)31(33)34)29-11-5-6-12-29/h3-4,7-10,13-16H,5-6,11-12,17H2,1-2H3. The fourth-order valence-electron chi connectivity index (χ4n) is 4.90. The molecule has 7 heteroatoms. The van der Waals surface area contributed by atoms with Gasteiger partial charge < -0.3 is 9.80 Å². The van der Waals surface area contributed by atoms with Gasteiger partial charge >= 0.3 is 0 Å². The van der Waals surface area contributed by atoms with Crippen molar-refractivity contribution in [1.29, 1.82) is 0 Å². The first-order chi connectivity index (χ1) is 16.4. The molecule has 172 valence electrons. The monoisotopic (exact) mass is 454 g/mol. The Hall–Kier alpha value is -4.00. The molecule has 0 bridgehead atoms. The average Bonchev–Trinajstić information content (AvgIpc) is 3.47. The van der Waals surface area contributed by atoms with Crippen LogP contribution in [0.15, 0.2) is 65.7 Å². The molecule has 2 heterocycles. The maximum absolute atomic E-state index is 13.3. The largest absolute Gasteiger partial charge is 0.366 e. The van der Waals surface area contributed by atoms with E-state index in [0.717, 1.165) is 53.9 Å². The van der Waals surface area contributed by atoms with Crippen LogP contribution in [0.5, 0.6) is 0 Å². The summed E-state index contributed by atoms with van der Waals surface area (Å²) >= 11 is 0. The third-order valence-electron chi connectivity index (χ3n) is 6.43. The minimum absolute atomic E-state index is 0.0501. The summed E-state index contributed by atoms with van der Waals surface area (Å²) in [4.78, 5) is 33.2. The molecule has 2 aliphatic heterocycles. The van der Waals surface area contributed by atoms with Crippen molar-refractivity contribution in [2.45, 2.75) is 33.2 Å². The number of carbonyl (C=O) groups excluding carboxylic acids is 1. The highest BCUT2D eigenvalue weighted by Crippen LogP contribution is 2.33. The van der Waals surface area contributed by atoms with Crippen LogP contribution in [0.2, 0.25) is 0 Å². The van der Waals surface area contributed by atoms with Gasteiger partial charge in [0.15, 0.2) is 0 Å². The number of benzene rings is 3. The molecule has 34 heavy (non-hydrogen) atoms. The third-order valence-corrected chi connectivity index (χ3v) is 6.43. The normalized spacial score (nSPS) is 16.2. The Labute approximate surface area is 198 Å². The second-order valence-electron chi connectivity index (χ2n) is 8.98. The van der Waals surface area contributed by atoms with Crippen molar-refractivity contribution < 1.29 is 9.72 Å². The number of nitrogens with zero attached hydrogens (tertiary/aromatic N) is 4. The topological polar surface area (TPSA) is 79.0 Å². The first-order valence-electron chi connectivity index (χ1n) is 11.5. The van der Waals surface area contributed by atoms with Crippen LogP contribution in [0.1, 0.15) is 45.5 Å². The minimum Gasteiger partial charge on any atom is -0.366 e. The molecular formula is C27H26N4O3. The van der Waals surface area contributed by atoms with Gasteiger partial charge in [0.1, 0.15) is 11.5 Å². The summed E-state index contributed by atoms with van der Waals surface area (Å²) in [5.74, 6) is 0.0778. The molecule has 0 N–H and O–H groups in total. The molecule has 1 saturated heterocycles. The van der Waals surface area contributed by atoms with E-state index < -0.39 is 10.8 Å². The SMILES string of the molecule is Cc1cc(C)cc(N2Cc3ccccc3C2=NC(=O)c2ccc(N3CCCC3)c([N+](=O)[O-])c2)c1. The molecule has 5 rings (SSSR count). The zero-order chi connectivity index (χ0) is 23.8. The van der Waals surface area contributed by atoms with Gasteiger partial charge in [0.25, 0.3) is 11.6 Å². The molecular weight excluding hydrogens is 428 g/mol. The molecule has 0 aromatic heterocycles. The van der Waals surface area contributed by atoms with Crippen LogP contribution in [0.25, 0.3) is 0 Å². The lowest BCUT2D eigenvalue weighted by Crippen LogP contribution is -2.25. The smallest absolute Gasteiger partial charge is 0.293 e. The summed E-state index contributed by atoms with van der Waals surface area (Å²) in [7, 11) is 0. The number of hydrogen-bond acceptors (Lipinski definition) is 4. The Bertz CT molecular complexity index is 1300. The number of anilines is 2. The number of hydrogen-bond donors (Lipinski definition) is 0. The second kappa shape index (κ2) is 8.74. The summed E-state index contributed by atoms with van der Waals surface area (Å²) < 4.78 is 0. The van der Waals surface area contributed by atoms with Crippen molar-refractivity contribution in [1.82, 2.24) is 0 Å². The van der Waals surface area contributed by atoms with Crippen molar-refractivity contribution in [2.75, 3.05) is 22.9 Å². The van der Waals surface area contributed by atoms with E-state index in [1.54, 1.807) is 12.1 Å². The van der Waals surface area contributed by atoms with E-state index in [1.807, 2.05) is 47.9 Å². The number of rotatable bonds is 4. The Morgan fingerprint density at radius 1 is 0.971 bits per heavy atom. The number of amides is 1. The van der Waals surface area contributed by atoms with Crippen molar-refractivity contribution in [3.8, 4) is 0 Å². The number of aryl methyl sites for hydroxylation is 2. The zero-order valence-corrected chi connectivity index (χ0v) is 19.3. The van der Waals surface area contributed by atoms with Crippen LogP contribution in [-0.2, 0) is 6.54 Å². The van der Waals surface area contributed by atoms with Crippen molar-refractivity contribution in [3.05, 3.63) is 98.6 Å². The number of fused-ring (bicyclic) bond motifs is 1. The molecule has 3 aromatic carbocycles. The molecule has 2 aliphatic rings. The predicted octanol–water partition coefficient (Wildman–Crippen LogP) is 5.42. The van der Waals surface area contributed by atoms with Gasteiger partial charge in [0.2, 0.25) is 0 Å². The average molecular weight is 455 g/mol. The predicted molar refractivity (Wildman–Crippen MR) is 134 cm³/mol. The number of nitro groups is 1. The maximum atomic E-state index is 13.3. The van der Waals surface area contributed by atoms with E-state index in [9.17, 15) is 14.9 Å². The van der Waals surface area contributed by atoms with E-state index in [2.05, 4.69) is 23.2 Å². The summed E-state index contributed by atoms with van der Waals surface area (Å²) in [6, 6.07) is 18.9. The third kappa shape index (κ3) is 4.05. The van der Waals surface area contributed by atoms with E-state index in [1.165, 1.54) is 6.07 Å². The highest BCUT2D eigenvalue weighted by atomic mass is 16.6. The summed E-state index contributed by atoms with van der Waals surface area (Å²) in [5, 5.41) is 11.8. The molecule has 7 nitrogen and oxygen atoms in total. The van der Waals surface area contributed by atoms with E-state index in [0.29, 0.717) is 18.1 Å². The van der Waals surface area contributed by atoms with Gasteiger partial charge in [0.05, 0.1) is 11.5 Å². The van der Waals surface area contributed by atoms with Gasteiger partial charge in [-0.2, -0.15) is 4.99 Å². The van der Waals surface area contributed by atoms with Crippen LogP contribution in [0.3, 0.4) is 0 Å². The van der Waals surface area contributed by atoms with Crippen LogP contribution in [0, 0.1) is 24.0 Å².